The van der Waals surface area contributed by atoms with Crippen LogP contribution in [-0.4, -0.2) is 14.1 Å². The Morgan fingerprint density at radius 3 is 2.33 bits per heavy atom. The fraction of sp³-hybridized carbons (Fsp3) is 0.154. The zero-order valence-corrected chi connectivity index (χ0v) is 13.5. The van der Waals surface area contributed by atoms with Crippen LogP contribution in [0.4, 0.5) is 5.69 Å². The molecule has 0 aromatic heterocycles. The summed E-state index contributed by atoms with van der Waals surface area (Å²) in [4.78, 5) is 2.12. The molecule has 0 aliphatic heterocycles. The van der Waals surface area contributed by atoms with Crippen LogP contribution in [0.1, 0.15) is 0 Å². The van der Waals surface area contributed by atoms with E-state index in [0.717, 1.165) is 0 Å². The van der Waals surface area contributed by atoms with Gasteiger partial charge in [-0.3, -0.25) is 0 Å². The van der Waals surface area contributed by atoms with Gasteiger partial charge in [-0.1, -0.05) is 12.1 Å². The van der Waals surface area contributed by atoms with E-state index in [-0.39, 0.29) is 40.7 Å². The summed E-state index contributed by atoms with van der Waals surface area (Å²) in [6.45, 7) is 0. The molecule has 2 aromatic carbocycles. The summed E-state index contributed by atoms with van der Waals surface area (Å²) in [5.41, 5.74) is 1.26. The molecular formula is C13H18HfN-3. The third-order valence-corrected chi connectivity index (χ3v) is 2.14. The van der Waals surface area contributed by atoms with Crippen molar-refractivity contribution in [2.24, 2.45) is 0 Å². The Morgan fingerprint density at radius 2 is 1.73 bits per heavy atom. The molecule has 2 aromatic rings. The van der Waals surface area contributed by atoms with E-state index in [1.165, 1.54) is 16.5 Å². The van der Waals surface area contributed by atoms with E-state index in [0.29, 0.717) is 0 Å². The number of hydrogen-bond acceptors (Lipinski definition) is 1. The van der Waals surface area contributed by atoms with Gasteiger partial charge in [-0.25, -0.2) is 0 Å². The van der Waals surface area contributed by atoms with Crippen LogP contribution in [0.3, 0.4) is 0 Å². The van der Waals surface area contributed by atoms with Crippen molar-refractivity contribution in [2.45, 2.75) is 0 Å². The first-order valence-electron chi connectivity index (χ1n) is 4.10. The minimum atomic E-state index is 0. The molecular weight excluding hydrogens is 349 g/mol. The fourth-order valence-corrected chi connectivity index (χ4v) is 1.39. The Bertz CT molecular complexity index is 390. The molecule has 0 unspecified atom stereocenters. The molecule has 2 heteroatoms. The van der Waals surface area contributed by atoms with Crippen molar-refractivity contribution in [3.63, 3.8) is 0 Å². The molecule has 1 nitrogen and oxygen atoms in total. The third kappa shape index (κ3) is 3.53. The van der Waals surface area contributed by atoms with Crippen LogP contribution in [0.15, 0.2) is 36.4 Å². The third-order valence-electron chi connectivity index (χ3n) is 2.14. The van der Waals surface area contributed by atoms with E-state index in [9.17, 15) is 0 Å². The van der Waals surface area contributed by atoms with E-state index >= 15 is 0 Å². The second kappa shape index (κ2) is 6.89. The summed E-state index contributed by atoms with van der Waals surface area (Å²) < 4.78 is 0. The van der Waals surface area contributed by atoms with E-state index in [1.54, 1.807) is 0 Å². The number of benzene rings is 1. The maximum absolute atomic E-state index is 2.20. The van der Waals surface area contributed by atoms with Crippen molar-refractivity contribution in [1.82, 2.24) is 0 Å². The fourth-order valence-electron chi connectivity index (χ4n) is 1.39. The molecule has 0 saturated heterocycles. The van der Waals surface area contributed by atoms with Gasteiger partial charge in [0, 0.05) is 45.6 Å². The van der Waals surface area contributed by atoms with Crippen LogP contribution in [0.5, 0.6) is 0 Å². The maximum Gasteiger partial charge on any atom is 0.0172 e. The van der Waals surface area contributed by atoms with E-state index < -0.39 is 0 Å². The van der Waals surface area contributed by atoms with Crippen LogP contribution < -0.4 is 4.90 Å². The molecule has 0 amide bonds. The number of nitrogens with zero attached hydrogens (tertiary/aromatic N) is 1. The van der Waals surface area contributed by atoms with E-state index in [2.05, 4.69) is 55.4 Å². The molecule has 0 N–H and O–H groups in total. The van der Waals surface area contributed by atoms with Gasteiger partial charge >= 0.3 is 0 Å². The first kappa shape index (κ1) is 16.9. The SMILES string of the molecule is CN(C)c1ccc2[cH-]ccc2c1.[CH3-].[CH3-].[Hf]. The van der Waals surface area contributed by atoms with Crippen LogP contribution >= 0.6 is 0 Å². The number of fused-ring (bicyclic) bond motifs is 1. The Morgan fingerprint density at radius 1 is 1.07 bits per heavy atom. The normalized spacial score (nSPS) is 8.40. The molecule has 82 valence electrons. The molecule has 2 rings (SSSR count). The second-order valence-corrected chi connectivity index (χ2v) is 3.23. The molecule has 0 spiro atoms. The van der Waals surface area contributed by atoms with Gasteiger partial charge in [0.25, 0.3) is 0 Å². The maximum atomic E-state index is 2.20. The van der Waals surface area contributed by atoms with Crippen LogP contribution in [0.2, 0.25) is 0 Å². The molecule has 15 heavy (non-hydrogen) atoms. The topological polar surface area (TPSA) is 3.24 Å². The minimum absolute atomic E-state index is 0. The second-order valence-electron chi connectivity index (χ2n) is 3.23. The quantitative estimate of drug-likeness (QED) is 0.551. The summed E-state index contributed by atoms with van der Waals surface area (Å²) in [5.74, 6) is 0. The van der Waals surface area contributed by atoms with Crippen molar-refractivity contribution >= 4 is 16.5 Å². The van der Waals surface area contributed by atoms with Crippen LogP contribution in [0.25, 0.3) is 10.8 Å². The molecule has 0 aliphatic rings. The Balaban J connectivity index is 0. The summed E-state index contributed by atoms with van der Waals surface area (Å²) in [6, 6.07) is 12.9. The smallest absolute Gasteiger partial charge is 0.0172 e. The Labute approximate surface area is 112 Å². The van der Waals surface area contributed by atoms with E-state index in [4.69, 9.17) is 0 Å². The van der Waals surface area contributed by atoms with Crippen molar-refractivity contribution < 1.29 is 25.8 Å². The molecule has 0 bridgehead atoms. The van der Waals surface area contributed by atoms with Gasteiger partial charge in [-0.05, 0) is 0 Å². The molecule has 0 saturated carbocycles. The zero-order chi connectivity index (χ0) is 8.55. The van der Waals surface area contributed by atoms with Gasteiger partial charge in [0.15, 0.2) is 0 Å². The Kier molecular flexibility index (Phi) is 7.77. The van der Waals surface area contributed by atoms with Gasteiger partial charge in [0.1, 0.15) is 0 Å². The van der Waals surface area contributed by atoms with Crippen LogP contribution in [0, 0.1) is 14.9 Å². The monoisotopic (exact) mass is 368 g/mol. The predicted molar refractivity (Wildman–Crippen MR) is 66.7 cm³/mol. The average Bonchev–Trinajstić information content (AvgIpc) is 2.49. The van der Waals surface area contributed by atoms with Gasteiger partial charge in [0.2, 0.25) is 0 Å². The zero-order valence-electron chi connectivity index (χ0n) is 9.91. The van der Waals surface area contributed by atoms with Gasteiger partial charge < -0.3 is 19.8 Å². The van der Waals surface area contributed by atoms with Crippen LogP contribution in [-0.2, 0) is 25.8 Å². The first-order chi connectivity index (χ1) is 5.77. The van der Waals surface area contributed by atoms with Gasteiger partial charge in [-0.2, -0.15) is 17.5 Å². The molecule has 0 heterocycles. The molecule has 0 radical (unpaired) electrons. The van der Waals surface area contributed by atoms with Gasteiger partial charge in [-0.15, -0.1) is 17.5 Å². The predicted octanol–water partition coefficient (Wildman–Crippen LogP) is 3.52. The summed E-state index contributed by atoms with van der Waals surface area (Å²) in [5, 5.41) is 2.64. The first-order valence-corrected chi connectivity index (χ1v) is 4.10. The van der Waals surface area contributed by atoms with Crippen molar-refractivity contribution in [2.75, 3.05) is 19.0 Å². The van der Waals surface area contributed by atoms with Gasteiger partial charge in [0.05, 0.1) is 0 Å². The molecule has 0 aliphatic carbocycles. The molecule has 0 atom stereocenters. The van der Waals surface area contributed by atoms with Crippen molar-refractivity contribution in [3.05, 3.63) is 51.3 Å². The number of rotatable bonds is 1. The molecule has 0 fully saturated rings. The number of anilines is 1. The average molecular weight is 367 g/mol. The van der Waals surface area contributed by atoms with Crippen molar-refractivity contribution in [3.8, 4) is 0 Å². The summed E-state index contributed by atoms with van der Waals surface area (Å²) >= 11 is 0. The number of hydrogen-bond donors (Lipinski definition) is 0. The van der Waals surface area contributed by atoms with E-state index in [1.807, 2.05) is 0 Å². The summed E-state index contributed by atoms with van der Waals surface area (Å²) in [6.07, 6.45) is 0. The standard InChI is InChI=1S/C11H12N.2CH3.Hf/c1-12(2)11-7-6-9-4-3-5-10(9)8-11;;;/h3-8H,1-2H3;2*1H3;/q3*-1;. The Hall–Kier alpha value is -0.500. The summed E-state index contributed by atoms with van der Waals surface area (Å²) in [7, 11) is 4.12. The van der Waals surface area contributed by atoms with Crippen molar-refractivity contribution in [1.29, 1.82) is 0 Å². The minimum Gasteiger partial charge on any atom is -0.379 e. The largest absolute Gasteiger partial charge is 0.379 e.